The van der Waals surface area contributed by atoms with Gasteiger partial charge in [0.25, 0.3) is 0 Å². The molecule has 1 aromatic carbocycles. The number of halogens is 1. The van der Waals surface area contributed by atoms with Gasteiger partial charge in [-0.15, -0.1) is 11.3 Å². The standard InChI is InChI=1S/C14H10BrNO2S/c15-9-6-10(19-8-9)7-16-5-4-11-12(14(17)18)2-1-3-13(11)16/h1-6,8H,7H2,(H,17,18). The second kappa shape index (κ2) is 4.83. The van der Waals surface area contributed by atoms with Crippen LogP contribution in [0.5, 0.6) is 0 Å². The first-order valence-corrected chi connectivity index (χ1v) is 7.36. The summed E-state index contributed by atoms with van der Waals surface area (Å²) in [6, 6.07) is 9.31. The average molecular weight is 336 g/mol. The third-order valence-electron chi connectivity index (χ3n) is 2.99. The average Bonchev–Trinajstić information content (AvgIpc) is 2.97. The number of carbonyl (C=O) groups is 1. The van der Waals surface area contributed by atoms with E-state index in [0.717, 1.165) is 21.9 Å². The third-order valence-corrected chi connectivity index (χ3v) is 4.67. The number of thiophene rings is 1. The van der Waals surface area contributed by atoms with Crippen molar-refractivity contribution in [2.24, 2.45) is 0 Å². The molecular weight excluding hydrogens is 326 g/mol. The molecule has 0 aliphatic rings. The van der Waals surface area contributed by atoms with E-state index < -0.39 is 5.97 Å². The predicted molar refractivity (Wildman–Crippen MR) is 80.0 cm³/mol. The Hall–Kier alpha value is -1.59. The van der Waals surface area contributed by atoms with Crippen LogP contribution in [0.4, 0.5) is 0 Å². The zero-order chi connectivity index (χ0) is 13.4. The van der Waals surface area contributed by atoms with Gasteiger partial charge in [0.15, 0.2) is 0 Å². The minimum Gasteiger partial charge on any atom is -0.478 e. The van der Waals surface area contributed by atoms with Crippen molar-refractivity contribution in [2.45, 2.75) is 6.54 Å². The second-order valence-electron chi connectivity index (χ2n) is 4.22. The second-order valence-corrected chi connectivity index (χ2v) is 6.13. The molecule has 0 saturated carbocycles. The first-order valence-electron chi connectivity index (χ1n) is 5.69. The molecule has 2 heterocycles. The number of carboxylic acid groups (broad SMARTS) is 1. The van der Waals surface area contributed by atoms with Crippen molar-refractivity contribution in [2.75, 3.05) is 0 Å². The normalized spacial score (nSPS) is 11.0. The van der Waals surface area contributed by atoms with Crippen LogP contribution in [-0.2, 0) is 6.54 Å². The molecule has 0 bridgehead atoms. The van der Waals surface area contributed by atoms with Crippen molar-refractivity contribution < 1.29 is 9.90 Å². The van der Waals surface area contributed by atoms with E-state index in [4.69, 9.17) is 0 Å². The molecule has 0 unspecified atom stereocenters. The summed E-state index contributed by atoms with van der Waals surface area (Å²) >= 11 is 5.12. The summed E-state index contributed by atoms with van der Waals surface area (Å²) in [5.74, 6) is -0.887. The largest absolute Gasteiger partial charge is 0.478 e. The van der Waals surface area contributed by atoms with Crippen molar-refractivity contribution in [3.05, 3.63) is 56.8 Å². The van der Waals surface area contributed by atoms with Gasteiger partial charge in [-0.05, 0) is 40.2 Å². The van der Waals surface area contributed by atoms with E-state index in [2.05, 4.69) is 26.6 Å². The van der Waals surface area contributed by atoms with E-state index >= 15 is 0 Å². The fourth-order valence-corrected chi connectivity index (χ4v) is 3.60. The van der Waals surface area contributed by atoms with Gasteiger partial charge in [-0.3, -0.25) is 0 Å². The SMILES string of the molecule is O=C(O)c1cccc2c1ccn2Cc1cc(Br)cs1. The molecule has 0 amide bonds. The highest BCUT2D eigenvalue weighted by Crippen LogP contribution is 2.24. The Bertz CT molecular complexity index is 760. The van der Waals surface area contributed by atoms with Crippen LogP contribution in [0, 0.1) is 0 Å². The Morgan fingerprint density at radius 1 is 1.37 bits per heavy atom. The van der Waals surface area contributed by atoms with Crippen LogP contribution < -0.4 is 0 Å². The van der Waals surface area contributed by atoms with E-state index in [1.807, 2.05) is 23.7 Å². The molecule has 3 rings (SSSR count). The molecular formula is C14H10BrNO2S. The first kappa shape index (κ1) is 12.4. The van der Waals surface area contributed by atoms with Crippen LogP contribution in [-0.4, -0.2) is 15.6 Å². The van der Waals surface area contributed by atoms with Crippen LogP contribution in [0.1, 0.15) is 15.2 Å². The van der Waals surface area contributed by atoms with Gasteiger partial charge in [-0.1, -0.05) is 6.07 Å². The highest BCUT2D eigenvalue weighted by atomic mass is 79.9. The molecule has 0 aliphatic carbocycles. The highest BCUT2D eigenvalue weighted by molar-refractivity contribution is 9.10. The Labute approximate surface area is 122 Å². The fourth-order valence-electron chi connectivity index (χ4n) is 2.15. The number of aromatic carboxylic acids is 1. The summed E-state index contributed by atoms with van der Waals surface area (Å²) in [5, 5.41) is 12.0. The van der Waals surface area contributed by atoms with Crippen molar-refractivity contribution in [1.82, 2.24) is 4.57 Å². The van der Waals surface area contributed by atoms with Gasteiger partial charge in [0, 0.05) is 31.8 Å². The molecule has 0 aliphatic heterocycles. The maximum Gasteiger partial charge on any atom is 0.336 e. The van der Waals surface area contributed by atoms with Gasteiger partial charge in [0.1, 0.15) is 0 Å². The lowest BCUT2D eigenvalue weighted by Gasteiger charge is -2.04. The summed E-state index contributed by atoms with van der Waals surface area (Å²) in [6.07, 6.45) is 1.94. The minimum atomic E-state index is -0.887. The van der Waals surface area contributed by atoms with E-state index in [1.165, 1.54) is 4.88 Å². The first-order chi connectivity index (χ1) is 9.15. The molecule has 3 nitrogen and oxygen atoms in total. The fraction of sp³-hybridized carbons (Fsp3) is 0.0714. The quantitative estimate of drug-likeness (QED) is 0.778. The van der Waals surface area contributed by atoms with E-state index in [-0.39, 0.29) is 0 Å². The number of benzene rings is 1. The maximum absolute atomic E-state index is 11.2. The molecule has 96 valence electrons. The third kappa shape index (κ3) is 2.31. The molecule has 3 aromatic rings. The summed E-state index contributed by atoms with van der Waals surface area (Å²) in [7, 11) is 0. The van der Waals surface area contributed by atoms with Gasteiger partial charge in [-0.25, -0.2) is 4.79 Å². The van der Waals surface area contributed by atoms with Gasteiger partial charge in [0.2, 0.25) is 0 Å². The highest BCUT2D eigenvalue weighted by Gasteiger charge is 2.11. The zero-order valence-corrected chi connectivity index (χ0v) is 12.2. The lowest BCUT2D eigenvalue weighted by molar-refractivity contribution is 0.0699. The topological polar surface area (TPSA) is 42.2 Å². The Balaban J connectivity index is 2.06. The van der Waals surface area contributed by atoms with Crippen molar-refractivity contribution in [3.63, 3.8) is 0 Å². The van der Waals surface area contributed by atoms with E-state index in [1.54, 1.807) is 23.5 Å². The lowest BCUT2D eigenvalue weighted by Crippen LogP contribution is -1.98. The van der Waals surface area contributed by atoms with Gasteiger partial charge in [0.05, 0.1) is 12.1 Å². The summed E-state index contributed by atoms with van der Waals surface area (Å²) in [5.41, 5.74) is 1.30. The number of hydrogen-bond acceptors (Lipinski definition) is 2. The molecule has 5 heteroatoms. The number of hydrogen-bond donors (Lipinski definition) is 1. The van der Waals surface area contributed by atoms with E-state index in [0.29, 0.717) is 5.56 Å². The van der Waals surface area contributed by atoms with Crippen molar-refractivity contribution in [3.8, 4) is 0 Å². The van der Waals surface area contributed by atoms with Crippen molar-refractivity contribution >= 4 is 44.1 Å². The number of carboxylic acids is 1. The van der Waals surface area contributed by atoms with Crippen LogP contribution in [0.3, 0.4) is 0 Å². The molecule has 0 radical (unpaired) electrons. The van der Waals surface area contributed by atoms with Gasteiger partial charge < -0.3 is 9.67 Å². The van der Waals surface area contributed by atoms with Gasteiger partial charge in [-0.2, -0.15) is 0 Å². The monoisotopic (exact) mass is 335 g/mol. The summed E-state index contributed by atoms with van der Waals surface area (Å²) in [4.78, 5) is 12.4. The maximum atomic E-state index is 11.2. The minimum absolute atomic E-state index is 0.351. The van der Waals surface area contributed by atoms with Crippen LogP contribution in [0.2, 0.25) is 0 Å². The Morgan fingerprint density at radius 2 is 2.21 bits per heavy atom. The number of fused-ring (bicyclic) bond motifs is 1. The van der Waals surface area contributed by atoms with Gasteiger partial charge >= 0.3 is 5.97 Å². The van der Waals surface area contributed by atoms with Crippen LogP contribution in [0.25, 0.3) is 10.9 Å². The molecule has 0 saturated heterocycles. The van der Waals surface area contributed by atoms with E-state index in [9.17, 15) is 9.90 Å². The number of rotatable bonds is 3. The lowest BCUT2D eigenvalue weighted by atomic mass is 10.1. The van der Waals surface area contributed by atoms with Crippen molar-refractivity contribution in [1.29, 1.82) is 0 Å². The predicted octanol–water partition coefficient (Wildman–Crippen LogP) is 4.21. The Kier molecular flexibility index (Phi) is 3.16. The smallest absolute Gasteiger partial charge is 0.336 e. The number of nitrogens with zero attached hydrogens (tertiary/aromatic N) is 1. The molecule has 0 atom stereocenters. The summed E-state index contributed by atoms with van der Waals surface area (Å²) in [6.45, 7) is 0.753. The van der Waals surface area contributed by atoms with Crippen LogP contribution >= 0.6 is 27.3 Å². The molecule has 0 fully saturated rings. The molecule has 2 aromatic heterocycles. The molecule has 1 N–H and O–H groups in total. The molecule has 19 heavy (non-hydrogen) atoms. The summed E-state index contributed by atoms with van der Waals surface area (Å²) < 4.78 is 3.15. The zero-order valence-electron chi connectivity index (χ0n) is 9.84. The Morgan fingerprint density at radius 3 is 2.89 bits per heavy atom. The molecule has 0 spiro atoms. The number of aromatic nitrogens is 1. The van der Waals surface area contributed by atoms with Crippen LogP contribution in [0.15, 0.2) is 46.4 Å².